The first kappa shape index (κ1) is 20.4. The molecule has 1 unspecified atom stereocenters. The van der Waals surface area contributed by atoms with Crippen LogP contribution in [0.3, 0.4) is 0 Å². The Balaban J connectivity index is 1.38. The van der Waals surface area contributed by atoms with E-state index in [2.05, 4.69) is 17.4 Å². The van der Waals surface area contributed by atoms with E-state index in [1.165, 1.54) is 0 Å². The van der Waals surface area contributed by atoms with Gasteiger partial charge < -0.3 is 15.2 Å². The zero-order valence-electron chi connectivity index (χ0n) is 16.9. The number of hydrogen-bond acceptors (Lipinski definition) is 3. The Bertz CT molecular complexity index is 1060. The van der Waals surface area contributed by atoms with Crippen LogP contribution in [0.15, 0.2) is 84.9 Å². The van der Waals surface area contributed by atoms with Crippen LogP contribution in [0.2, 0.25) is 0 Å². The second kappa shape index (κ2) is 9.30. The minimum absolute atomic E-state index is 0.0700. The smallest absolute Gasteiger partial charge is 0.407 e. The van der Waals surface area contributed by atoms with Crippen molar-refractivity contribution in [2.24, 2.45) is 0 Å². The summed E-state index contributed by atoms with van der Waals surface area (Å²) >= 11 is 0. The Hall–Kier alpha value is -3.86. The Morgan fingerprint density at radius 1 is 0.903 bits per heavy atom. The summed E-state index contributed by atoms with van der Waals surface area (Å²) in [5.41, 5.74) is 5.46. The monoisotopic (exact) mass is 413 g/mol. The van der Waals surface area contributed by atoms with Crippen LogP contribution in [0.25, 0.3) is 17.2 Å². The number of alkyl carbamates (subject to hydrolysis) is 1. The number of benzene rings is 3. The van der Waals surface area contributed by atoms with Gasteiger partial charge in [-0.25, -0.2) is 9.59 Å². The largest absolute Gasteiger partial charge is 0.480 e. The summed E-state index contributed by atoms with van der Waals surface area (Å²) in [6.45, 7) is 0.145. The Morgan fingerprint density at radius 3 is 2.10 bits per heavy atom. The molecular weight excluding hydrogens is 390 g/mol. The third-order valence-corrected chi connectivity index (χ3v) is 5.42. The molecule has 0 fully saturated rings. The minimum Gasteiger partial charge on any atom is -0.480 e. The van der Waals surface area contributed by atoms with Crippen LogP contribution in [0.1, 0.15) is 29.0 Å². The summed E-state index contributed by atoms with van der Waals surface area (Å²) in [4.78, 5) is 23.9. The topological polar surface area (TPSA) is 75.6 Å². The number of carbonyl (C=O) groups excluding carboxylic acids is 1. The van der Waals surface area contributed by atoms with Crippen molar-refractivity contribution in [2.75, 3.05) is 6.61 Å². The van der Waals surface area contributed by atoms with Crippen LogP contribution in [0.4, 0.5) is 4.79 Å². The molecule has 0 spiro atoms. The third kappa shape index (κ3) is 4.67. The van der Waals surface area contributed by atoms with Gasteiger partial charge >= 0.3 is 12.1 Å². The van der Waals surface area contributed by atoms with Crippen molar-refractivity contribution in [3.8, 4) is 11.1 Å². The second-order valence-electron chi connectivity index (χ2n) is 7.41. The van der Waals surface area contributed by atoms with Crippen molar-refractivity contribution in [1.82, 2.24) is 5.32 Å². The van der Waals surface area contributed by atoms with Crippen LogP contribution in [0, 0.1) is 0 Å². The van der Waals surface area contributed by atoms with E-state index >= 15 is 0 Å². The van der Waals surface area contributed by atoms with Gasteiger partial charge in [-0.15, -0.1) is 0 Å². The normalized spacial score (nSPS) is 13.4. The molecule has 0 aliphatic heterocycles. The lowest BCUT2D eigenvalue weighted by molar-refractivity contribution is -0.139. The standard InChI is InChI=1S/C26H23NO4/c28-25(29)24(16-8-11-18-9-2-1-3-10-18)27-26(30)31-17-23-21-14-6-4-12-19(21)20-13-5-7-15-22(20)23/h1-15,23-24H,16-17H2,(H,27,30)(H,28,29)/b11-8+. The first-order chi connectivity index (χ1) is 15.1. The lowest BCUT2D eigenvalue weighted by atomic mass is 9.98. The third-order valence-electron chi connectivity index (χ3n) is 5.42. The number of carbonyl (C=O) groups is 2. The van der Waals surface area contributed by atoms with Gasteiger partial charge in [-0.1, -0.05) is 91.0 Å². The quantitative estimate of drug-likeness (QED) is 0.566. The maximum atomic E-state index is 12.4. The van der Waals surface area contributed by atoms with Gasteiger partial charge in [0.25, 0.3) is 0 Å². The van der Waals surface area contributed by atoms with Gasteiger partial charge in [-0.2, -0.15) is 0 Å². The molecule has 5 heteroatoms. The molecule has 2 N–H and O–H groups in total. The van der Waals surface area contributed by atoms with E-state index in [4.69, 9.17) is 4.74 Å². The number of aliphatic carboxylic acids is 1. The van der Waals surface area contributed by atoms with E-state index in [0.717, 1.165) is 27.8 Å². The number of amides is 1. The molecule has 1 amide bonds. The SMILES string of the molecule is O=C(NC(C/C=C/c1ccccc1)C(=O)O)OCC1c2ccccc2-c2ccccc21. The van der Waals surface area contributed by atoms with Crippen molar-refractivity contribution in [3.05, 3.63) is 102 Å². The second-order valence-corrected chi connectivity index (χ2v) is 7.41. The van der Waals surface area contributed by atoms with Gasteiger partial charge in [0.05, 0.1) is 0 Å². The molecule has 31 heavy (non-hydrogen) atoms. The lowest BCUT2D eigenvalue weighted by Gasteiger charge is -2.16. The molecular formula is C26H23NO4. The van der Waals surface area contributed by atoms with Crippen molar-refractivity contribution in [1.29, 1.82) is 0 Å². The van der Waals surface area contributed by atoms with E-state index < -0.39 is 18.1 Å². The van der Waals surface area contributed by atoms with Crippen LogP contribution < -0.4 is 5.32 Å². The number of ether oxygens (including phenoxy) is 1. The number of hydrogen-bond donors (Lipinski definition) is 2. The van der Waals surface area contributed by atoms with Gasteiger partial charge in [0.1, 0.15) is 12.6 Å². The predicted octanol–water partition coefficient (Wildman–Crippen LogP) is 5.08. The Labute approximate surface area is 181 Å². The fourth-order valence-corrected chi connectivity index (χ4v) is 3.91. The van der Waals surface area contributed by atoms with Crippen molar-refractivity contribution in [2.45, 2.75) is 18.4 Å². The molecule has 0 bridgehead atoms. The molecule has 0 heterocycles. The highest BCUT2D eigenvalue weighted by Gasteiger charge is 2.29. The zero-order chi connectivity index (χ0) is 21.6. The summed E-state index contributed by atoms with van der Waals surface area (Å²) in [7, 11) is 0. The first-order valence-electron chi connectivity index (χ1n) is 10.2. The minimum atomic E-state index is -1.11. The number of carboxylic acid groups (broad SMARTS) is 1. The van der Waals surface area contributed by atoms with Crippen LogP contribution in [-0.4, -0.2) is 29.8 Å². The summed E-state index contributed by atoms with van der Waals surface area (Å²) in [6, 6.07) is 24.6. The van der Waals surface area contributed by atoms with Crippen LogP contribution >= 0.6 is 0 Å². The lowest BCUT2D eigenvalue weighted by Crippen LogP contribution is -2.41. The number of carboxylic acids is 1. The highest BCUT2D eigenvalue weighted by molar-refractivity contribution is 5.81. The zero-order valence-corrected chi connectivity index (χ0v) is 16.9. The Kier molecular flexibility index (Phi) is 6.13. The number of rotatable bonds is 7. The highest BCUT2D eigenvalue weighted by atomic mass is 16.5. The number of nitrogens with one attached hydrogen (secondary N) is 1. The van der Waals surface area contributed by atoms with Crippen molar-refractivity contribution < 1.29 is 19.4 Å². The van der Waals surface area contributed by atoms with E-state index in [0.29, 0.717) is 0 Å². The molecule has 0 saturated heterocycles. The molecule has 0 aromatic heterocycles. The average Bonchev–Trinajstić information content (AvgIpc) is 3.11. The van der Waals surface area contributed by atoms with Crippen LogP contribution in [-0.2, 0) is 9.53 Å². The Morgan fingerprint density at radius 2 is 1.48 bits per heavy atom. The van der Waals surface area contributed by atoms with Crippen molar-refractivity contribution in [3.63, 3.8) is 0 Å². The average molecular weight is 413 g/mol. The predicted molar refractivity (Wildman–Crippen MR) is 120 cm³/mol. The number of fused-ring (bicyclic) bond motifs is 3. The molecule has 1 aliphatic carbocycles. The summed E-state index contributed by atoms with van der Waals surface area (Å²) in [5.74, 6) is -1.18. The first-order valence-corrected chi connectivity index (χ1v) is 10.2. The van der Waals surface area contributed by atoms with E-state index in [9.17, 15) is 14.7 Å². The van der Waals surface area contributed by atoms with E-state index in [1.54, 1.807) is 6.08 Å². The molecule has 0 radical (unpaired) electrons. The maximum absolute atomic E-state index is 12.4. The molecule has 3 aromatic carbocycles. The molecule has 4 rings (SSSR count). The van der Waals surface area contributed by atoms with E-state index in [1.807, 2.05) is 72.8 Å². The molecule has 1 aliphatic rings. The molecule has 0 saturated carbocycles. The maximum Gasteiger partial charge on any atom is 0.407 e. The van der Waals surface area contributed by atoms with Gasteiger partial charge in [0, 0.05) is 5.92 Å². The van der Waals surface area contributed by atoms with Crippen molar-refractivity contribution >= 4 is 18.1 Å². The fraction of sp³-hybridized carbons (Fsp3) is 0.154. The summed E-state index contributed by atoms with van der Waals surface area (Å²) < 4.78 is 5.45. The van der Waals surface area contributed by atoms with Gasteiger partial charge in [0.15, 0.2) is 0 Å². The highest BCUT2D eigenvalue weighted by Crippen LogP contribution is 2.44. The molecule has 1 atom stereocenters. The van der Waals surface area contributed by atoms with Gasteiger partial charge in [0.2, 0.25) is 0 Å². The summed E-state index contributed by atoms with van der Waals surface area (Å²) in [5, 5.41) is 11.9. The van der Waals surface area contributed by atoms with Crippen LogP contribution in [0.5, 0.6) is 0 Å². The fourth-order valence-electron chi connectivity index (χ4n) is 3.91. The van der Waals surface area contributed by atoms with Gasteiger partial charge in [-0.3, -0.25) is 0 Å². The molecule has 156 valence electrons. The molecule has 5 nitrogen and oxygen atoms in total. The summed E-state index contributed by atoms with van der Waals surface area (Å²) in [6.07, 6.45) is 2.99. The van der Waals surface area contributed by atoms with E-state index in [-0.39, 0.29) is 18.9 Å². The van der Waals surface area contributed by atoms with Gasteiger partial charge in [-0.05, 0) is 34.2 Å². The molecule has 3 aromatic rings.